The lowest BCUT2D eigenvalue weighted by Crippen LogP contribution is -2.00. The Morgan fingerprint density at radius 2 is 1.70 bits per heavy atom. The van der Waals surface area contributed by atoms with Crippen molar-refractivity contribution in [3.8, 4) is 22.5 Å². The lowest BCUT2D eigenvalue weighted by Gasteiger charge is -2.05. The number of thiazole rings is 1. The van der Waals surface area contributed by atoms with E-state index in [2.05, 4.69) is 34.9 Å². The Labute approximate surface area is 162 Å². The Morgan fingerprint density at radius 1 is 1.04 bits per heavy atom. The fraction of sp³-hybridized carbons (Fsp3) is 0.182. The first-order valence-electron chi connectivity index (χ1n) is 8.94. The molecule has 0 aliphatic rings. The number of aromatic nitrogens is 2. The number of hydrogen-bond donors (Lipinski definition) is 0. The van der Waals surface area contributed by atoms with Crippen molar-refractivity contribution in [2.45, 2.75) is 19.3 Å². The fourth-order valence-corrected chi connectivity index (χ4v) is 4.36. The number of carbonyl (C=O) groups excluding carboxylic acids is 1. The highest BCUT2D eigenvalue weighted by Crippen LogP contribution is 2.34. The predicted octanol–water partition coefficient (Wildman–Crippen LogP) is 5.23. The summed E-state index contributed by atoms with van der Waals surface area (Å²) in [6.45, 7) is 0. The van der Waals surface area contributed by atoms with Crippen molar-refractivity contribution < 1.29 is 9.53 Å². The predicted molar refractivity (Wildman–Crippen MR) is 109 cm³/mol. The average Bonchev–Trinajstić information content (AvgIpc) is 3.27. The third-order valence-electron chi connectivity index (χ3n) is 4.52. The number of methoxy groups -OCH3 is 1. The Balaban J connectivity index is 1.74. The molecule has 0 saturated heterocycles. The van der Waals surface area contributed by atoms with Crippen LogP contribution in [0.2, 0.25) is 0 Å². The van der Waals surface area contributed by atoms with Gasteiger partial charge < -0.3 is 4.74 Å². The van der Waals surface area contributed by atoms with Gasteiger partial charge in [-0.15, -0.1) is 11.3 Å². The number of esters is 1. The largest absolute Gasteiger partial charge is 0.469 e. The maximum atomic E-state index is 11.4. The lowest BCUT2D eigenvalue weighted by molar-refractivity contribution is -0.140. The van der Waals surface area contributed by atoms with Gasteiger partial charge in [0.15, 0.2) is 4.96 Å². The van der Waals surface area contributed by atoms with E-state index in [4.69, 9.17) is 9.72 Å². The summed E-state index contributed by atoms with van der Waals surface area (Å²) in [5.41, 5.74) is 4.41. The van der Waals surface area contributed by atoms with Crippen molar-refractivity contribution in [3.05, 3.63) is 71.7 Å². The maximum absolute atomic E-state index is 11.4. The first kappa shape index (κ1) is 17.5. The van der Waals surface area contributed by atoms with Crippen molar-refractivity contribution >= 4 is 22.3 Å². The Hall–Kier alpha value is -2.92. The van der Waals surface area contributed by atoms with Gasteiger partial charge >= 0.3 is 5.97 Å². The molecule has 0 aliphatic heterocycles. The highest BCUT2D eigenvalue weighted by atomic mass is 32.1. The van der Waals surface area contributed by atoms with Crippen LogP contribution in [0.25, 0.3) is 27.5 Å². The van der Waals surface area contributed by atoms with E-state index in [1.807, 2.05) is 36.4 Å². The molecule has 5 heteroatoms. The normalized spacial score (nSPS) is 11.0. The molecule has 0 unspecified atom stereocenters. The highest BCUT2D eigenvalue weighted by Gasteiger charge is 2.17. The second kappa shape index (κ2) is 7.76. The third-order valence-corrected chi connectivity index (χ3v) is 5.64. The van der Waals surface area contributed by atoms with Gasteiger partial charge in [-0.1, -0.05) is 60.7 Å². The molecule has 0 atom stereocenters. The summed E-state index contributed by atoms with van der Waals surface area (Å²) < 4.78 is 6.93. The molecule has 2 heterocycles. The topological polar surface area (TPSA) is 43.6 Å². The summed E-state index contributed by atoms with van der Waals surface area (Å²) in [6, 6.07) is 20.6. The summed E-state index contributed by atoms with van der Waals surface area (Å²) in [6.07, 6.45) is 4.13. The van der Waals surface area contributed by atoms with E-state index in [0.717, 1.165) is 40.3 Å². The van der Waals surface area contributed by atoms with Crippen LogP contribution in [0.4, 0.5) is 0 Å². The van der Waals surface area contributed by atoms with Crippen LogP contribution in [0.15, 0.2) is 66.9 Å². The first-order valence-corrected chi connectivity index (χ1v) is 9.76. The molecular weight excluding hydrogens is 356 g/mol. The zero-order valence-electron chi connectivity index (χ0n) is 15.1. The number of carbonyl (C=O) groups is 1. The van der Waals surface area contributed by atoms with Crippen LogP contribution in [-0.2, 0) is 16.0 Å². The van der Waals surface area contributed by atoms with Gasteiger partial charge in [0, 0.05) is 23.1 Å². The van der Waals surface area contributed by atoms with Crippen molar-refractivity contribution in [2.75, 3.05) is 7.11 Å². The molecule has 27 heavy (non-hydrogen) atoms. The van der Waals surface area contributed by atoms with Crippen LogP contribution in [0, 0.1) is 0 Å². The molecule has 4 aromatic rings. The van der Waals surface area contributed by atoms with Crippen molar-refractivity contribution in [1.82, 2.24) is 9.38 Å². The first-order chi connectivity index (χ1) is 13.3. The van der Waals surface area contributed by atoms with Crippen LogP contribution in [0.5, 0.6) is 0 Å². The minimum atomic E-state index is -0.163. The standard InChI is InChI=1S/C22H20N2O2S/c1-26-20(25)14-8-13-19-21(17-11-6-3-7-12-17)24-15-18(23-22(24)27-19)16-9-4-2-5-10-16/h2-7,9-12,15H,8,13-14H2,1H3. The van der Waals surface area contributed by atoms with Gasteiger partial charge in [0.1, 0.15) is 0 Å². The Kier molecular flexibility index (Phi) is 5.03. The van der Waals surface area contributed by atoms with Crippen LogP contribution in [0.1, 0.15) is 17.7 Å². The molecule has 2 aromatic heterocycles. The summed E-state index contributed by atoms with van der Waals surface area (Å²) in [7, 11) is 1.43. The van der Waals surface area contributed by atoms with Crippen LogP contribution < -0.4 is 0 Å². The van der Waals surface area contributed by atoms with Gasteiger partial charge in [0.2, 0.25) is 0 Å². The van der Waals surface area contributed by atoms with Crippen LogP contribution >= 0.6 is 11.3 Å². The molecule has 0 saturated carbocycles. The quantitative estimate of drug-likeness (QED) is 0.433. The molecule has 0 bridgehead atoms. The van der Waals surface area contributed by atoms with Gasteiger partial charge in [-0.05, 0) is 18.4 Å². The molecule has 0 spiro atoms. The van der Waals surface area contributed by atoms with Crippen molar-refractivity contribution in [2.24, 2.45) is 0 Å². The summed E-state index contributed by atoms with van der Waals surface area (Å²) in [5.74, 6) is -0.163. The van der Waals surface area contributed by atoms with Crippen LogP contribution in [0.3, 0.4) is 0 Å². The number of benzene rings is 2. The number of ether oxygens (including phenoxy) is 1. The minimum Gasteiger partial charge on any atom is -0.469 e. The molecule has 0 radical (unpaired) electrons. The zero-order chi connectivity index (χ0) is 18.6. The maximum Gasteiger partial charge on any atom is 0.305 e. The van der Waals surface area contributed by atoms with E-state index in [1.54, 1.807) is 11.3 Å². The molecule has 0 amide bonds. The van der Waals surface area contributed by atoms with E-state index >= 15 is 0 Å². The molecule has 2 aromatic carbocycles. The second-order valence-corrected chi connectivity index (χ2v) is 7.38. The number of aryl methyl sites for hydroxylation is 1. The van der Waals surface area contributed by atoms with Crippen molar-refractivity contribution in [1.29, 1.82) is 0 Å². The smallest absolute Gasteiger partial charge is 0.305 e. The van der Waals surface area contributed by atoms with E-state index in [0.29, 0.717) is 6.42 Å². The summed E-state index contributed by atoms with van der Waals surface area (Å²) >= 11 is 1.69. The summed E-state index contributed by atoms with van der Waals surface area (Å²) in [5, 5.41) is 0. The highest BCUT2D eigenvalue weighted by molar-refractivity contribution is 7.17. The van der Waals surface area contributed by atoms with Crippen LogP contribution in [-0.4, -0.2) is 22.5 Å². The van der Waals surface area contributed by atoms with E-state index in [-0.39, 0.29) is 5.97 Å². The number of hydrogen-bond acceptors (Lipinski definition) is 4. The van der Waals surface area contributed by atoms with Gasteiger partial charge in [-0.2, -0.15) is 0 Å². The average molecular weight is 376 g/mol. The zero-order valence-corrected chi connectivity index (χ0v) is 15.9. The molecule has 4 rings (SSSR count). The van der Waals surface area contributed by atoms with E-state index in [1.165, 1.54) is 12.0 Å². The number of imidazole rings is 1. The monoisotopic (exact) mass is 376 g/mol. The number of rotatable bonds is 6. The molecule has 0 fully saturated rings. The Morgan fingerprint density at radius 3 is 2.37 bits per heavy atom. The molecule has 4 nitrogen and oxygen atoms in total. The van der Waals surface area contributed by atoms with Crippen molar-refractivity contribution in [3.63, 3.8) is 0 Å². The van der Waals surface area contributed by atoms with Gasteiger partial charge in [-0.3, -0.25) is 9.20 Å². The van der Waals surface area contributed by atoms with Gasteiger partial charge in [0.05, 0.1) is 18.5 Å². The lowest BCUT2D eigenvalue weighted by atomic mass is 10.1. The SMILES string of the molecule is COC(=O)CCCc1sc2nc(-c3ccccc3)cn2c1-c1ccccc1. The molecular formula is C22H20N2O2S. The minimum absolute atomic E-state index is 0.163. The van der Waals surface area contributed by atoms with Gasteiger partial charge in [-0.25, -0.2) is 4.98 Å². The van der Waals surface area contributed by atoms with E-state index < -0.39 is 0 Å². The molecule has 136 valence electrons. The number of fused-ring (bicyclic) bond motifs is 1. The molecule has 0 N–H and O–H groups in total. The second-order valence-electron chi connectivity index (χ2n) is 6.31. The Bertz CT molecular complexity index is 1050. The van der Waals surface area contributed by atoms with E-state index in [9.17, 15) is 4.79 Å². The summed E-state index contributed by atoms with van der Waals surface area (Å²) in [4.78, 5) is 18.5. The fourth-order valence-electron chi connectivity index (χ4n) is 3.20. The molecule has 0 aliphatic carbocycles. The van der Waals surface area contributed by atoms with Gasteiger partial charge in [0.25, 0.3) is 0 Å². The third kappa shape index (κ3) is 3.64. The number of nitrogens with zero attached hydrogens (tertiary/aromatic N) is 2.